The fraction of sp³-hybridized carbons (Fsp3) is 0.154. The number of aldehydes is 1. The number of thiophene rings is 1. The van der Waals surface area contributed by atoms with E-state index in [2.05, 4.69) is 0 Å². The van der Waals surface area contributed by atoms with Crippen LogP contribution in [0.4, 0.5) is 15.8 Å². The van der Waals surface area contributed by atoms with Gasteiger partial charge in [0.1, 0.15) is 5.82 Å². The van der Waals surface area contributed by atoms with Crippen molar-refractivity contribution in [2.75, 3.05) is 11.4 Å². The van der Waals surface area contributed by atoms with E-state index in [4.69, 9.17) is 0 Å². The molecular weight excluding hydrogens is 237 g/mol. The van der Waals surface area contributed by atoms with Crippen LogP contribution in [0.15, 0.2) is 35.7 Å². The van der Waals surface area contributed by atoms with E-state index in [1.54, 1.807) is 12.1 Å². The summed E-state index contributed by atoms with van der Waals surface area (Å²) in [4.78, 5) is 13.4. The Morgan fingerprint density at radius 1 is 1.29 bits per heavy atom. The summed E-state index contributed by atoms with van der Waals surface area (Å²) in [5.74, 6) is -0.247. The van der Waals surface area contributed by atoms with Crippen LogP contribution in [0.25, 0.3) is 0 Å². The Morgan fingerprint density at radius 2 is 2.00 bits per heavy atom. The Bertz CT molecular complexity index is 506. The van der Waals surface area contributed by atoms with Crippen molar-refractivity contribution < 1.29 is 9.18 Å². The molecule has 2 aromatic rings. The van der Waals surface area contributed by atoms with Gasteiger partial charge in [0.25, 0.3) is 0 Å². The molecule has 88 valence electrons. The first kappa shape index (κ1) is 11.8. The van der Waals surface area contributed by atoms with Gasteiger partial charge in [-0.15, -0.1) is 11.3 Å². The zero-order valence-corrected chi connectivity index (χ0v) is 10.2. The van der Waals surface area contributed by atoms with Crippen LogP contribution in [0.2, 0.25) is 0 Å². The van der Waals surface area contributed by atoms with Gasteiger partial charge in [-0.05, 0) is 37.3 Å². The molecule has 4 heteroatoms. The van der Waals surface area contributed by atoms with Crippen LogP contribution in [0.1, 0.15) is 16.6 Å². The van der Waals surface area contributed by atoms with Gasteiger partial charge >= 0.3 is 0 Å². The Hall–Kier alpha value is -1.68. The molecular formula is C13H12FNOS. The maximum Gasteiger partial charge on any atom is 0.160 e. The molecule has 0 aliphatic heterocycles. The average Bonchev–Trinajstić information content (AvgIpc) is 2.81. The first-order valence-corrected chi connectivity index (χ1v) is 6.19. The second-order valence-corrected chi connectivity index (χ2v) is 4.49. The van der Waals surface area contributed by atoms with Gasteiger partial charge in [0.05, 0.1) is 10.6 Å². The summed E-state index contributed by atoms with van der Waals surface area (Å²) in [7, 11) is 0. The standard InChI is InChI=1S/C13H12FNOS/c1-2-15(11-5-3-10(14)4-6-11)12-7-13(8-16)17-9-12/h3-9H,2H2,1H3. The molecule has 2 rings (SSSR count). The highest BCUT2D eigenvalue weighted by Crippen LogP contribution is 2.28. The van der Waals surface area contributed by atoms with E-state index in [1.807, 2.05) is 23.3 Å². The van der Waals surface area contributed by atoms with Crippen molar-refractivity contribution in [2.24, 2.45) is 0 Å². The summed E-state index contributed by atoms with van der Waals surface area (Å²) < 4.78 is 12.9. The zero-order valence-electron chi connectivity index (χ0n) is 9.39. The quantitative estimate of drug-likeness (QED) is 0.767. The lowest BCUT2D eigenvalue weighted by molar-refractivity contribution is 0.112. The second-order valence-electron chi connectivity index (χ2n) is 3.55. The van der Waals surface area contributed by atoms with Gasteiger partial charge in [0.15, 0.2) is 6.29 Å². The summed E-state index contributed by atoms with van der Waals surface area (Å²) >= 11 is 1.41. The molecule has 0 bridgehead atoms. The Kier molecular flexibility index (Phi) is 3.54. The van der Waals surface area contributed by atoms with Crippen LogP contribution in [0.3, 0.4) is 0 Å². The molecule has 1 aromatic heterocycles. The minimum Gasteiger partial charge on any atom is -0.341 e. The smallest absolute Gasteiger partial charge is 0.160 e. The molecule has 0 unspecified atom stereocenters. The van der Waals surface area contributed by atoms with Crippen molar-refractivity contribution in [2.45, 2.75) is 6.92 Å². The molecule has 2 nitrogen and oxygen atoms in total. The van der Waals surface area contributed by atoms with E-state index in [0.717, 1.165) is 24.2 Å². The van der Waals surface area contributed by atoms with Crippen LogP contribution < -0.4 is 4.90 Å². The normalized spacial score (nSPS) is 10.2. The lowest BCUT2D eigenvalue weighted by Crippen LogP contribution is -2.15. The molecule has 17 heavy (non-hydrogen) atoms. The molecule has 0 saturated carbocycles. The summed E-state index contributed by atoms with van der Waals surface area (Å²) in [6, 6.07) is 8.18. The van der Waals surface area contributed by atoms with E-state index in [1.165, 1.54) is 23.5 Å². The van der Waals surface area contributed by atoms with Crippen LogP contribution in [0, 0.1) is 5.82 Å². The van der Waals surface area contributed by atoms with E-state index in [0.29, 0.717) is 4.88 Å². The van der Waals surface area contributed by atoms with Crippen molar-refractivity contribution in [3.63, 3.8) is 0 Å². The largest absolute Gasteiger partial charge is 0.341 e. The monoisotopic (exact) mass is 249 g/mol. The summed E-state index contributed by atoms with van der Waals surface area (Å²) in [5.41, 5.74) is 1.88. The number of nitrogens with zero attached hydrogens (tertiary/aromatic N) is 1. The van der Waals surface area contributed by atoms with Crippen molar-refractivity contribution in [3.8, 4) is 0 Å². The van der Waals surface area contributed by atoms with Gasteiger partial charge in [-0.3, -0.25) is 4.79 Å². The molecule has 1 heterocycles. The molecule has 0 saturated heterocycles. The molecule has 0 fully saturated rings. The fourth-order valence-corrected chi connectivity index (χ4v) is 2.38. The van der Waals surface area contributed by atoms with E-state index >= 15 is 0 Å². The van der Waals surface area contributed by atoms with E-state index in [9.17, 15) is 9.18 Å². The minimum absolute atomic E-state index is 0.247. The number of carbonyl (C=O) groups excluding carboxylic acids is 1. The van der Waals surface area contributed by atoms with Crippen LogP contribution in [-0.2, 0) is 0 Å². The first-order valence-electron chi connectivity index (χ1n) is 5.31. The van der Waals surface area contributed by atoms with Crippen molar-refractivity contribution in [1.82, 2.24) is 0 Å². The van der Waals surface area contributed by atoms with Crippen LogP contribution >= 0.6 is 11.3 Å². The van der Waals surface area contributed by atoms with Gasteiger partial charge in [-0.25, -0.2) is 4.39 Å². The average molecular weight is 249 g/mol. The number of hydrogen-bond donors (Lipinski definition) is 0. The molecule has 1 aromatic carbocycles. The van der Waals surface area contributed by atoms with Gasteiger partial charge in [-0.2, -0.15) is 0 Å². The summed E-state index contributed by atoms with van der Waals surface area (Å²) in [6.45, 7) is 2.78. The molecule has 0 aliphatic rings. The highest BCUT2D eigenvalue weighted by Gasteiger charge is 2.09. The number of hydrogen-bond acceptors (Lipinski definition) is 3. The maximum atomic E-state index is 12.9. The third kappa shape index (κ3) is 2.53. The van der Waals surface area contributed by atoms with Gasteiger partial charge in [0, 0.05) is 17.6 Å². The molecule has 0 amide bonds. The number of benzene rings is 1. The third-order valence-electron chi connectivity index (χ3n) is 2.49. The lowest BCUT2D eigenvalue weighted by atomic mass is 10.2. The summed E-state index contributed by atoms with van der Waals surface area (Å²) in [6.07, 6.45) is 0.840. The van der Waals surface area contributed by atoms with Crippen molar-refractivity contribution in [3.05, 3.63) is 46.4 Å². The predicted octanol–water partition coefficient (Wildman–Crippen LogP) is 3.86. The zero-order chi connectivity index (χ0) is 12.3. The Labute approximate surface area is 103 Å². The Morgan fingerprint density at radius 3 is 2.53 bits per heavy atom. The van der Waals surface area contributed by atoms with E-state index < -0.39 is 0 Å². The van der Waals surface area contributed by atoms with Crippen LogP contribution in [0.5, 0.6) is 0 Å². The van der Waals surface area contributed by atoms with Gasteiger partial charge < -0.3 is 4.90 Å². The first-order chi connectivity index (χ1) is 8.24. The molecule has 0 radical (unpaired) electrons. The van der Waals surface area contributed by atoms with Crippen molar-refractivity contribution >= 4 is 29.0 Å². The van der Waals surface area contributed by atoms with Gasteiger partial charge in [-0.1, -0.05) is 0 Å². The molecule has 0 atom stereocenters. The highest BCUT2D eigenvalue weighted by atomic mass is 32.1. The highest BCUT2D eigenvalue weighted by molar-refractivity contribution is 7.12. The van der Waals surface area contributed by atoms with Crippen molar-refractivity contribution in [1.29, 1.82) is 0 Å². The van der Waals surface area contributed by atoms with Crippen LogP contribution in [-0.4, -0.2) is 12.8 Å². The SMILES string of the molecule is CCN(c1ccc(F)cc1)c1csc(C=O)c1. The Balaban J connectivity index is 2.32. The number of rotatable bonds is 4. The van der Waals surface area contributed by atoms with Gasteiger partial charge in [0.2, 0.25) is 0 Å². The predicted molar refractivity (Wildman–Crippen MR) is 68.8 cm³/mol. The van der Waals surface area contributed by atoms with E-state index in [-0.39, 0.29) is 5.82 Å². The third-order valence-corrected chi connectivity index (χ3v) is 3.33. The topological polar surface area (TPSA) is 20.3 Å². The number of halogens is 1. The fourth-order valence-electron chi connectivity index (χ4n) is 1.68. The maximum absolute atomic E-state index is 12.9. The summed E-state index contributed by atoms with van der Waals surface area (Å²) in [5, 5.41) is 1.93. The number of anilines is 2. The molecule has 0 aliphatic carbocycles. The molecule has 0 N–H and O–H groups in total. The second kappa shape index (κ2) is 5.10. The lowest BCUT2D eigenvalue weighted by Gasteiger charge is -2.21. The minimum atomic E-state index is -0.247. The molecule has 0 spiro atoms. The number of carbonyl (C=O) groups is 1.